The average Bonchev–Trinajstić information content (AvgIpc) is 2.96. The van der Waals surface area contributed by atoms with E-state index >= 15 is 0 Å². The molecule has 2 rings (SSSR count). The van der Waals surface area contributed by atoms with Gasteiger partial charge in [-0.3, -0.25) is 9.59 Å². The van der Waals surface area contributed by atoms with Crippen molar-refractivity contribution in [2.24, 2.45) is 11.7 Å². The molecule has 2 amide bonds. The fraction of sp³-hybridized carbons (Fsp3) is 0.0870. The molecule has 0 fully saturated rings. The van der Waals surface area contributed by atoms with E-state index in [1.807, 2.05) is 0 Å². The molecular formula is C23H24N4O3. The van der Waals surface area contributed by atoms with E-state index in [1.54, 1.807) is 49.4 Å². The molecule has 1 aliphatic rings. The van der Waals surface area contributed by atoms with Gasteiger partial charge in [0, 0.05) is 34.5 Å². The quantitative estimate of drug-likeness (QED) is 0.156. The zero-order valence-corrected chi connectivity index (χ0v) is 16.5. The van der Waals surface area contributed by atoms with E-state index in [-0.39, 0.29) is 22.9 Å². The van der Waals surface area contributed by atoms with Gasteiger partial charge in [-0.25, -0.2) is 0 Å². The highest BCUT2D eigenvalue weighted by Gasteiger charge is 2.17. The summed E-state index contributed by atoms with van der Waals surface area (Å²) in [5, 5.41) is 20.6. The first-order valence-corrected chi connectivity index (χ1v) is 9.17. The molecule has 1 unspecified atom stereocenters. The van der Waals surface area contributed by atoms with Crippen LogP contribution in [0, 0.1) is 11.3 Å². The first-order chi connectivity index (χ1) is 14.3. The summed E-state index contributed by atoms with van der Waals surface area (Å²) in [6.45, 7) is 1.70. The minimum absolute atomic E-state index is 0.0987. The van der Waals surface area contributed by atoms with Crippen molar-refractivity contribution in [3.8, 4) is 0 Å². The molecule has 1 atom stereocenters. The Bertz CT molecular complexity index is 1030. The number of hydrogen-bond acceptors (Lipinski definition) is 5. The first-order valence-electron chi connectivity index (χ1n) is 9.17. The number of aliphatic hydroxyl groups excluding tert-OH is 1. The maximum Gasteiger partial charge on any atom is 0.248 e. The number of primary amides is 1. The molecule has 0 spiro atoms. The smallest absolute Gasteiger partial charge is 0.248 e. The molecule has 1 aromatic carbocycles. The van der Waals surface area contributed by atoms with Crippen molar-refractivity contribution < 1.29 is 14.7 Å². The largest absolute Gasteiger partial charge is 0.508 e. The molecule has 0 heterocycles. The molecule has 0 aromatic heterocycles. The average molecular weight is 404 g/mol. The lowest BCUT2D eigenvalue weighted by Crippen LogP contribution is -2.21. The van der Waals surface area contributed by atoms with Crippen molar-refractivity contribution in [2.75, 3.05) is 5.73 Å². The van der Waals surface area contributed by atoms with Crippen molar-refractivity contribution in [1.82, 2.24) is 5.32 Å². The third kappa shape index (κ3) is 6.20. The number of aliphatic hydroxyl groups is 1. The number of carbonyl (C=O) groups excluding carboxylic acids is 2. The predicted octanol–water partition coefficient (Wildman–Crippen LogP) is 3.05. The van der Waals surface area contributed by atoms with Crippen molar-refractivity contribution in [1.29, 1.82) is 5.41 Å². The van der Waals surface area contributed by atoms with Crippen LogP contribution >= 0.6 is 0 Å². The van der Waals surface area contributed by atoms with Crippen molar-refractivity contribution in [3.63, 3.8) is 0 Å². The molecule has 0 saturated heterocycles. The molecular weight excluding hydrogens is 380 g/mol. The highest BCUT2D eigenvalue weighted by molar-refractivity contribution is 6.08. The Morgan fingerprint density at radius 1 is 1.20 bits per heavy atom. The number of nitrogens with two attached hydrogens (primary N) is 2. The summed E-state index contributed by atoms with van der Waals surface area (Å²) >= 11 is 0. The normalized spacial score (nSPS) is 16.5. The van der Waals surface area contributed by atoms with Crippen LogP contribution in [0.25, 0.3) is 0 Å². The van der Waals surface area contributed by atoms with Crippen LogP contribution in [-0.4, -0.2) is 22.6 Å². The predicted molar refractivity (Wildman–Crippen MR) is 119 cm³/mol. The van der Waals surface area contributed by atoms with Crippen molar-refractivity contribution in [2.45, 2.75) is 6.92 Å². The lowest BCUT2D eigenvalue weighted by atomic mass is 9.93. The van der Waals surface area contributed by atoms with E-state index in [4.69, 9.17) is 16.9 Å². The number of benzene rings is 1. The Balaban J connectivity index is 2.18. The van der Waals surface area contributed by atoms with Gasteiger partial charge in [0.1, 0.15) is 5.76 Å². The van der Waals surface area contributed by atoms with Crippen molar-refractivity contribution in [3.05, 3.63) is 102 Å². The molecule has 0 aliphatic heterocycles. The van der Waals surface area contributed by atoms with E-state index in [1.165, 1.54) is 36.4 Å². The summed E-state index contributed by atoms with van der Waals surface area (Å²) in [7, 11) is 0. The number of carbonyl (C=O) groups is 2. The Labute approximate surface area is 175 Å². The van der Waals surface area contributed by atoms with Gasteiger partial charge in [0.15, 0.2) is 0 Å². The second kappa shape index (κ2) is 10.4. The summed E-state index contributed by atoms with van der Waals surface area (Å²) in [6.07, 6.45) is 16.1. The Kier molecular flexibility index (Phi) is 7.70. The van der Waals surface area contributed by atoms with Gasteiger partial charge in [0.05, 0.1) is 5.71 Å². The Hall–Kier alpha value is -4.13. The van der Waals surface area contributed by atoms with Gasteiger partial charge in [-0.05, 0) is 49.4 Å². The second-order valence-electron chi connectivity index (χ2n) is 6.39. The molecule has 7 N–H and O–H groups in total. The number of allylic oxidation sites excluding steroid dienone is 9. The Morgan fingerprint density at radius 2 is 1.93 bits per heavy atom. The molecule has 0 bridgehead atoms. The van der Waals surface area contributed by atoms with Crippen LogP contribution in [0.3, 0.4) is 0 Å². The van der Waals surface area contributed by atoms with Crippen LogP contribution in [0.4, 0.5) is 5.69 Å². The first kappa shape index (κ1) is 22.2. The summed E-state index contributed by atoms with van der Waals surface area (Å²) in [6, 6.07) is 4.55. The second-order valence-corrected chi connectivity index (χ2v) is 6.39. The van der Waals surface area contributed by atoms with Gasteiger partial charge >= 0.3 is 0 Å². The van der Waals surface area contributed by atoms with Crippen LogP contribution in [-0.2, 0) is 4.79 Å². The van der Waals surface area contributed by atoms with E-state index in [9.17, 15) is 14.7 Å². The molecule has 1 aromatic rings. The maximum atomic E-state index is 12.1. The van der Waals surface area contributed by atoms with Gasteiger partial charge < -0.3 is 27.3 Å². The van der Waals surface area contributed by atoms with Gasteiger partial charge in [0.2, 0.25) is 11.8 Å². The third-order valence-corrected chi connectivity index (χ3v) is 4.21. The molecule has 154 valence electrons. The minimum atomic E-state index is -0.603. The van der Waals surface area contributed by atoms with Gasteiger partial charge in [-0.1, -0.05) is 30.4 Å². The Morgan fingerprint density at radius 3 is 2.63 bits per heavy atom. The van der Waals surface area contributed by atoms with Gasteiger partial charge in [0.25, 0.3) is 0 Å². The van der Waals surface area contributed by atoms with E-state index in [0.717, 1.165) is 0 Å². The summed E-state index contributed by atoms with van der Waals surface area (Å²) in [5.41, 5.74) is 13.0. The van der Waals surface area contributed by atoms with Crippen LogP contribution < -0.4 is 16.8 Å². The zero-order chi connectivity index (χ0) is 22.1. The van der Waals surface area contributed by atoms with E-state index in [0.29, 0.717) is 16.9 Å². The topological polar surface area (TPSA) is 142 Å². The molecule has 0 saturated carbocycles. The lowest BCUT2D eigenvalue weighted by Gasteiger charge is -2.14. The number of nitrogen functional groups attached to an aromatic ring is 1. The van der Waals surface area contributed by atoms with E-state index in [2.05, 4.69) is 5.32 Å². The van der Waals surface area contributed by atoms with Crippen LogP contribution in [0.2, 0.25) is 0 Å². The summed E-state index contributed by atoms with van der Waals surface area (Å²) in [5.74, 6) is -1.34. The molecule has 7 nitrogen and oxygen atoms in total. The summed E-state index contributed by atoms with van der Waals surface area (Å²) < 4.78 is 0. The van der Waals surface area contributed by atoms with Crippen molar-refractivity contribution >= 4 is 23.2 Å². The summed E-state index contributed by atoms with van der Waals surface area (Å²) in [4.78, 5) is 23.6. The molecule has 30 heavy (non-hydrogen) atoms. The SMILES string of the molecule is C\C=C(O)/C=C\C=C\C(=O)NC1=CC(C(=N)c2cc(C(N)=O)ccc2N)C=CC=C1. The third-order valence-electron chi connectivity index (χ3n) is 4.21. The number of anilines is 1. The number of nitrogens with one attached hydrogen (secondary N) is 2. The highest BCUT2D eigenvalue weighted by atomic mass is 16.3. The highest BCUT2D eigenvalue weighted by Crippen LogP contribution is 2.22. The van der Waals surface area contributed by atoms with E-state index < -0.39 is 11.8 Å². The van der Waals surface area contributed by atoms with Gasteiger partial charge in [-0.2, -0.15) is 0 Å². The fourth-order valence-electron chi connectivity index (χ4n) is 2.61. The number of hydrogen-bond donors (Lipinski definition) is 5. The standard InChI is InChI=1S/C23H24N4O3/c1-2-18(28)9-5-6-10-21(29)27-17-8-4-3-7-15(13-17)22(25)19-14-16(23(26)30)11-12-20(19)24/h2-15,25,28H,24H2,1H3,(H2,26,30)(H,27,29)/b9-5-,10-6+,18-2+,25-22?. The molecule has 0 radical (unpaired) electrons. The maximum absolute atomic E-state index is 12.1. The van der Waals surface area contributed by atoms with Crippen LogP contribution in [0.5, 0.6) is 0 Å². The molecule has 7 heteroatoms. The minimum Gasteiger partial charge on any atom is -0.508 e. The van der Waals surface area contributed by atoms with Gasteiger partial charge in [-0.15, -0.1) is 0 Å². The lowest BCUT2D eigenvalue weighted by molar-refractivity contribution is -0.115. The monoisotopic (exact) mass is 404 g/mol. The fourth-order valence-corrected chi connectivity index (χ4v) is 2.61. The number of rotatable bonds is 7. The number of amides is 2. The zero-order valence-electron chi connectivity index (χ0n) is 16.5. The van der Waals surface area contributed by atoms with Crippen LogP contribution in [0.15, 0.2) is 90.4 Å². The molecule has 1 aliphatic carbocycles. The van der Waals surface area contributed by atoms with Crippen LogP contribution in [0.1, 0.15) is 22.8 Å².